The van der Waals surface area contributed by atoms with Gasteiger partial charge < -0.3 is 4.90 Å². The molecule has 14 heavy (non-hydrogen) atoms. The first-order chi connectivity index (χ1) is 6.74. The molecule has 0 saturated carbocycles. The Hall–Kier alpha value is -1.05. The molecule has 0 spiro atoms. The summed E-state index contributed by atoms with van der Waals surface area (Å²) in [5.74, 6) is 0.980. The van der Waals surface area contributed by atoms with Gasteiger partial charge in [-0.25, -0.2) is 0 Å². The predicted molar refractivity (Wildman–Crippen MR) is 58.2 cm³/mol. The van der Waals surface area contributed by atoms with Crippen molar-refractivity contribution in [3.8, 4) is 6.07 Å². The van der Waals surface area contributed by atoms with Gasteiger partial charge in [-0.1, -0.05) is 0 Å². The van der Waals surface area contributed by atoms with E-state index in [4.69, 9.17) is 5.26 Å². The van der Waals surface area contributed by atoms with Crippen molar-refractivity contribution in [2.45, 2.75) is 4.90 Å². The smallest absolute Gasteiger partial charge is 0.100 e. The minimum absolute atomic E-state index is 0.712. The van der Waals surface area contributed by atoms with Gasteiger partial charge in [0.15, 0.2) is 0 Å². The lowest BCUT2D eigenvalue weighted by molar-refractivity contribution is 0.437. The van der Waals surface area contributed by atoms with Crippen LogP contribution in [0.1, 0.15) is 5.56 Å². The van der Waals surface area contributed by atoms with Gasteiger partial charge in [-0.3, -0.25) is 4.98 Å². The lowest BCUT2D eigenvalue weighted by atomic mass is 10.3. The topological polar surface area (TPSA) is 39.9 Å². The average molecular weight is 207 g/mol. The fraction of sp³-hybridized carbons (Fsp3) is 0.400. The van der Waals surface area contributed by atoms with E-state index in [0.717, 1.165) is 17.2 Å². The van der Waals surface area contributed by atoms with E-state index in [1.165, 1.54) is 0 Å². The molecule has 0 aliphatic rings. The maximum absolute atomic E-state index is 8.83. The van der Waals surface area contributed by atoms with Crippen molar-refractivity contribution in [3.63, 3.8) is 0 Å². The molecule has 0 fully saturated rings. The molecule has 0 N–H and O–H groups in total. The zero-order valence-electron chi connectivity index (χ0n) is 8.40. The Balaban J connectivity index is 2.54. The second-order valence-corrected chi connectivity index (χ2v) is 4.27. The number of hydrogen-bond donors (Lipinski definition) is 0. The summed E-state index contributed by atoms with van der Waals surface area (Å²) in [6, 6.07) is 3.91. The SMILES string of the molecule is CN(C)CCSc1cnccc1C#N. The summed E-state index contributed by atoms with van der Waals surface area (Å²) < 4.78 is 0. The maximum atomic E-state index is 8.83. The Labute approximate surface area is 88.8 Å². The first-order valence-corrected chi connectivity index (χ1v) is 5.34. The highest BCUT2D eigenvalue weighted by Crippen LogP contribution is 2.20. The van der Waals surface area contributed by atoms with Crippen LogP contribution in [0.2, 0.25) is 0 Å². The standard InChI is InChI=1S/C10H13N3S/c1-13(2)5-6-14-10-8-12-4-3-9(10)7-11/h3-4,8H,5-6H2,1-2H3. The van der Waals surface area contributed by atoms with Gasteiger partial charge >= 0.3 is 0 Å². The Morgan fingerprint density at radius 3 is 3.00 bits per heavy atom. The summed E-state index contributed by atoms with van der Waals surface area (Å²) in [6.07, 6.45) is 3.40. The Morgan fingerprint density at radius 1 is 1.57 bits per heavy atom. The molecule has 1 aromatic rings. The molecule has 0 radical (unpaired) electrons. The highest BCUT2D eigenvalue weighted by atomic mass is 32.2. The quantitative estimate of drug-likeness (QED) is 0.703. The third kappa shape index (κ3) is 3.36. The fourth-order valence-electron chi connectivity index (χ4n) is 0.926. The van der Waals surface area contributed by atoms with Gasteiger partial charge in [-0.2, -0.15) is 5.26 Å². The minimum Gasteiger partial charge on any atom is -0.309 e. The van der Waals surface area contributed by atoms with Crippen molar-refractivity contribution >= 4 is 11.8 Å². The van der Waals surface area contributed by atoms with Gasteiger partial charge in [0.25, 0.3) is 0 Å². The van der Waals surface area contributed by atoms with Crippen LogP contribution in [0.25, 0.3) is 0 Å². The number of thioether (sulfide) groups is 1. The third-order valence-electron chi connectivity index (χ3n) is 1.70. The van der Waals surface area contributed by atoms with Crippen molar-refractivity contribution in [3.05, 3.63) is 24.0 Å². The van der Waals surface area contributed by atoms with Gasteiger partial charge in [0, 0.05) is 29.6 Å². The van der Waals surface area contributed by atoms with E-state index >= 15 is 0 Å². The van der Waals surface area contributed by atoms with Gasteiger partial charge in [0.2, 0.25) is 0 Å². The summed E-state index contributed by atoms with van der Waals surface area (Å²) in [5.41, 5.74) is 0.712. The van der Waals surface area contributed by atoms with Crippen LogP contribution < -0.4 is 0 Å². The van der Waals surface area contributed by atoms with Gasteiger partial charge in [0.1, 0.15) is 6.07 Å². The van der Waals surface area contributed by atoms with E-state index in [9.17, 15) is 0 Å². The molecule has 0 aliphatic carbocycles. The normalized spacial score (nSPS) is 10.1. The van der Waals surface area contributed by atoms with Gasteiger partial charge in [-0.05, 0) is 20.2 Å². The zero-order chi connectivity index (χ0) is 10.4. The Morgan fingerprint density at radius 2 is 2.36 bits per heavy atom. The Bertz CT molecular complexity index is 330. The molecule has 0 saturated heterocycles. The molecule has 1 heterocycles. The summed E-state index contributed by atoms with van der Waals surface area (Å²) in [6.45, 7) is 1.00. The molecule has 0 atom stereocenters. The number of rotatable bonds is 4. The van der Waals surface area contributed by atoms with Gasteiger partial charge in [0.05, 0.1) is 5.56 Å². The van der Waals surface area contributed by atoms with Crippen LogP contribution in [0.4, 0.5) is 0 Å². The third-order valence-corrected chi connectivity index (χ3v) is 2.72. The Kier molecular flexibility index (Phi) is 4.44. The number of nitrogens with zero attached hydrogens (tertiary/aromatic N) is 3. The van der Waals surface area contributed by atoms with E-state index < -0.39 is 0 Å². The zero-order valence-corrected chi connectivity index (χ0v) is 9.21. The predicted octanol–water partition coefficient (Wildman–Crippen LogP) is 1.61. The number of aromatic nitrogens is 1. The van der Waals surface area contributed by atoms with E-state index in [2.05, 4.69) is 16.0 Å². The van der Waals surface area contributed by atoms with Crippen molar-refractivity contribution in [1.82, 2.24) is 9.88 Å². The molecule has 3 nitrogen and oxygen atoms in total. The van der Waals surface area contributed by atoms with E-state index in [0.29, 0.717) is 5.56 Å². The molecule has 0 bridgehead atoms. The van der Waals surface area contributed by atoms with E-state index in [1.807, 2.05) is 14.1 Å². The number of nitriles is 1. The monoisotopic (exact) mass is 207 g/mol. The second kappa shape index (κ2) is 5.63. The first-order valence-electron chi connectivity index (χ1n) is 4.35. The average Bonchev–Trinajstić information content (AvgIpc) is 2.18. The maximum Gasteiger partial charge on any atom is 0.100 e. The molecule has 0 aliphatic heterocycles. The lowest BCUT2D eigenvalue weighted by Crippen LogP contribution is -2.14. The largest absolute Gasteiger partial charge is 0.309 e. The van der Waals surface area contributed by atoms with Crippen LogP contribution in [0.5, 0.6) is 0 Å². The summed E-state index contributed by atoms with van der Waals surface area (Å²) in [4.78, 5) is 7.10. The van der Waals surface area contributed by atoms with Crippen LogP contribution in [0, 0.1) is 11.3 Å². The number of pyridine rings is 1. The van der Waals surface area contributed by atoms with Gasteiger partial charge in [-0.15, -0.1) is 11.8 Å². The first kappa shape index (κ1) is 11.0. The molecule has 74 valence electrons. The van der Waals surface area contributed by atoms with Crippen LogP contribution in [0.15, 0.2) is 23.4 Å². The molecular weight excluding hydrogens is 194 g/mol. The lowest BCUT2D eigenvalue weighted by Gasteiger charge is -2.08. The minimum atomic E-state index is 0.712. The van der Waals surface area contributed by atoms with E-state index in [-0.39, 0.29) is 0 Å². The van der Waals surface area contributed by atoms with Crippen molar-refractivity contribution in [2.75, 3.05) is 26.4 Å². The summed E-state index contributed by atoms with van der Waals surface area (Å²) >= 11 is 1.67. The van der Waals surface area contributed by atoms with Crippen LogP contribution in [-0.2, 0) is 0 Å². The van der Waals surface area contributed by atoms with E-state index in [1.54, 1.807) is 30.2 Å². The number of hydrogen-bond acceptors (Lipinski definition) is 4. The van der Waals surface area contributed by atoms with Crippen LogP contribution in [-0.4, -0.2) is 36.3 Å². The summed E-state index contributed by atoms with van der Waals surface area (Å²) in [7, 11) is 4.07. The molecule has 4 heteroatoms. The van der Waals surface area contributed by atoms with Crippen LogP contribution >= 0.6 is 11.8 Å². The molecular formula is C10H13N3S. The fourth-order valence-corrected chi connectivity index (χ4v) is 2.01. The highest BCUT2D eigenvalue weighted by molar-refractivity contribution is 7.99. The highest BCUT2D eigenvalue weighted by Gasteiger charge is 2.01. The summed E-state index contributed by atoms with van der Waals surface area (Å²) in [5, 5.41) is 8.83. The van der Waals surface area contributed by atoms with Crippen LogP contribution in [0.3, 0.4) is 0 Å². The molecule has 0 unspecified atom stereocenters. The van der Waals surface area contributed by atoms with Crippen molar-refractivity contribution in [1.29, 1.82) is 5.26 Å². The molecule has 1 aromatic heterocycles. The molecule has 0 amide bonds. The van der Waals surface area contributed by atoms with Crippen molar-refractivity contribution < 1.29 is 0 Å². The van der Waals surface area contributed by atoms with Crippen molar-refractivity contribution in [2.24, 2.45) is 0 Å². The second-order valence-electron chi connectivity index (χ2n) is 3.14. The molecule has 1 rings (SSSR count). The molecule has 0 aromatic carbocycles.